The largest absolute Gasteiger partial charge is 0.366 e. The van der Waals surface area contributed by atoms with E-state index in [1.165, 1.54) is 19.3 Å². The third kappa shape index (κ3) is 2.76. The molecule has 0 aromatic carbocycles. The van der Waals surface area contributed by atoms with E-state index in [2.05, 4.69) is 39.8 Å². The van der Waals surface area contributed by atoms with Crippen molar-refractivity contribution in [3.8, 4) is 0 Å². The molecule has 0 aromatic rings. The van der Waals surface area contributed by atoms with Crippen molar-refractivity contribution in [3.05, 3.63) is 23.3 Å². The Morgan fingerprint density at radius 1 is 1.56 bits per heavy atom. The highest BCUT2D eigenvalue weighted by Crippen LogP contribution is 2.38. The Hall–Kier alpha value is -0.560. The third-order valence-electron chi connectivity index (χ3n) is 4.10. The van der Waals surface area contributed by atoms with Crippen molar-refractivity contribution in [1.29, 1.82) is 0 Å². The minimum atomic E-state index is 0.139. The van der Waals surface area contributed by atoms with Crippen molar-refractivity contribution < 1.29 is 4.74 Å². The monoisotopic (exact) mass is 220 g/mol. The molecule has 0 aromatic heterocycles. The Kier molecular flexibility index (Phi) is 3.25. The number of allylic oxidation sites excluding steroid dienone is 3. The lowest BCUT2D eigenvalue weighted by Crippen LogP contribution is -2.07. The molecule has 16 heavy (non-hydrogen) atoms. The second-order valence-electron chi connectivity index (χ2n) is 5.92. The molecule has 1 saturated heterocycles. The van der Waals surface area contributed by atoms with E-state index in [9.17, 15) is 0 Å². The molecule has 2 rings (SSSR count). The summed E-state index contributed by atoms with van der Waals surface area (Å²) in [5, 5.41) is 0. The van der Waals surface area contributed by atoms with Crippen molar-refractivity contribution in [2.24, 2.45) is 5.92 Å². The fraction of sp³-hybridized carbons (Fsp3) is 0.733. The lowest BCUT2D eigenvalue weighted by atomic mass is 9.85. The van der Waals surface area contributed by atoms with E-state index in [1.54, 1.807) is 11.1 Å². The Morgan fingerprint density at radius 3 is 2.75 bits per heavy atom. The first-order chi connectivity index (χ1) is 7.49. The van der Waals surface area contributed by atoms with Crippen molar-refractivity contribution in [3.63, 3.8) is 0 Å². The number of epoxide rings is 1. The standard InChI is InChI=1S/C15H24O/c1-11-5-8-13(9-6-11)12(2)7-10-14-15(3,4)16-14/h5,7,13-14H,6,8-10H2,1-4H3/b12-7+. The topological polar surface area (TPSA) is 12.5 Å². The normalized spacial score (nSPS) is 33.5. The van der Waals surface area contributed by atoms with Gasteiger partial charge >= 0.3 is 0 Å². The highest BCUT2D eigenvalue weighted by molar-refractivity contribution is 5.14. The second kappa shape index (κ2) is 4.37. The zero-order valence-corrected chi connectivity index (χ0v) is 11.0. The summed E-state index contributed by atoms with van der Waals surface area (Å²) >= 11 is 0. The number of rotatable bonds is 3. The molecule has 2 unspecified atom stereocenters. The molecule has 0 amide bonds. The highest BCUT2D eigenvalue weighted by Gasteiger charge is 2.46. The highest BCUT2D eigenvalue weighted by atomic mass is 16.6. The number of hydrogen-bond donors (Lipinski definition) is 0. The summed E-state index contributed by atoms with van der Waals surface area (Å²) in [7, 11) is 0. The zero-order valence-electron chi connectivity index (χ0n) is 11.0. The van der Waals surface area contributed by atoms with Gasteiger partial charge < -0.3 is 4.74 Å². The summed E-state index contributed by atoms with van der Waals surface area (Å²) in [5.74, 6) is 0.783. The van der Waals surface area contributed by atoms with Crippen LogP contribution < -0.4 is 0 Å². The lowest BCUT2D eigenvalue weighted by Gasteiger charge is -2.21. The molecule has 1 aliphatic carbocycles. The van der Waals surface area contributed by atoms with Gasteiger partial charge in [0.05, 0.1) is 11.7 Å². The molecule has 0 N–H and O–H groups in total. The Balaban J connectivity index is 1.83. The molecular formula is C15H24O. The maximum atomic E-state index is 5.60. The van der Waals surface area contributed by atoms with Crippen LogP contribution in [0, 0.1) is 5.92 Å². The van der Waals surface area contributed by atoms with Gasteiger partial charge in [-0.2, -0.15) is 0 Å². The number of hydrogen-bond acceptors (Lipinski definition) is 1. The maximum Gasteiger partial charge on any atom is 0.0902 e. The molecule has 0 bridgehead atoms. The van der Waals surface area contributed by atoms with Gasteiger partial charge in [0.2, 0.25) is 0 Å². The second-order valence-corrected chi connectivity index (χ2v) is 5.92. The average Bonchev–Trinajstić information content (AvgIpc) is 2.84. The van der Waals surface area contributed by atoms with Gasteiger partial charge in [-0.05, 0) is 59.3 Å². The van der Waals surface area contributed by atoms with Crippen molar-refractivity contribution in [2.75, 3.05) is 0 Å². The van der Waals surface area contributed by atoms with E-state index in [-0.39, 0.29) is 5.60 Å². The quantitative estimate of drug-likeness (QED) is 0.512. The Morgan fingerprint density at radius 2 is 2.25 bits per heavy atom. The van der Waals surface area contributed by atoms with Crippen LogP contribution in [0.15, 0.2) is 23.3 Å². The molecule has 0 saturated carbocycles. The molecule has 0 spiro atoms. The van der Waals surface area contributed by atoms with E-state index in [0.717, 1.165) is 12.3 Å². The predicted octanol–water partition coefficient (Wildman–Crippen LogP) is 4.25. The van der Waals surface area contributed by atoms with E-state index >= 15 is 0 Å². The molecule has 1 aliphatic heterocycles. The van der Waals surface area contributed by atoms with Gasteiger partial charge in [-0.15, -0.1) is 0 Å². The summed E-state index contributed by atoms with van der Waals surface area (Å²) in [6, 6.07) is 0. The van der Waals surface area contributed by atoms with E-state index in [4.69, 9.17) is 4.74 Å². The van der Waals surface area contributed by atoms with Crippen LogP contribution in [0.25, 0.3) is 0 Å². The molecule has 2 atom stereocenters. The summed E-state index contributed by atoms with van der Waals surface area (Å²) in [6.07, 6.45) is 10.2. The van der Waals surface area contributed by atoms with Crippen LogP contribution >= 0.6 is 0 Å². The summed E-state index contributed by atoms with van der Waals surface area (Å²) in [4.78, 5) is 0. The first-order valence-corrected chi connectivity index (χ1v) is 6.49. The Labute approximate surface area is 99.6 Å². The van der Waals surface area contributed by atoms with Crippen molar-refractivity contribution in [1.82, 2.24) is 0 Å². The van der Waals surface area contributed by atoms with Crippen LogP contribution in [-0.4, -0.2) is 11.7 Å². The van der Waals surface area contributed by atoms with Gasteiger partial charge in [-0.3, -0.25) is 0 Å². The summed E-state index contributed by atoms with van der Waals surface area (Å²) in [5.41, 5.74) is 3.27. The fourth-order valence-electron chi connectivity index (χ4n) is 2.50. The summed E-state index contributed by atoms with van der Waals surface area (Å²) in [6.45, 7) is 8.88. The lowest BCUT2D eigenvalue weighted by molar-refractivity contribution is 0.324. The molecule has 0 radical (unpaired) electrons. The molecule has 1 heterocycles. The van der Waals surface area contributed by atoms with Gasteiger partial charge in [0.15, 0.2) is 0 Å². The molecule has 2 aliphatic rings. The van der Waals surface area contributed by atoms with Crippen molar-refractivity contribution >= 4 is 0 Å². The molecule has 1 heteroatoms. The van der Waals surface area contributed by atoms with Crippen LogP contribution in [0.2, 0.25) is 0 Å². The van der Waals surface area contributed by atoms with E-state index in [0.29, 0.717) is 6.10 Å². The van der Waals surface area contributed by atoms with Crippen LogP contribution in [0.3, 0.4) is 0 Å². The van der Waals surface area contributed by atoms with Crippen LogP contribution in [0.4, 0.5) is 0 Å². The smallest absolute Gasteiger partial charge is 0.0902 e. The van der Waals surface area contributed by atoms with Crippen LogP contribution in [0.5, 0.6) is 0 Å². The van der Waals surface area contributed by atoms with E-state index in [1.807, 2.05) is 0 Å². The number of ether oxygens (including phenoxy) is 1. The zero-order chi connectivity index (χ0) is 11.8. The third-order valence-corrected chi connectivity index (χ3v) is 4.10. The van der Waals surface area contributed by atoms with Gasteiger partial charge in [0, 0.05) is 0 Å². The Bertz CT molecular complexity index is 322. The molecule has 1 fully saturated rings. The summed E-state index contributed by atoms with van der Waals surface area (Å²) < 4.78 is 5.60. The molecule has 1 nitrogen and oxygen atoms in total. The van der Waals surface area contributed by atoms with Crippen LogP contribution in [0.1, 0.15) is 53.4 Å². The van der Waals surface area contributed by atoms with Crippen LogP contribution in [-0.2, 0) is 4.74 Å². The first-order valence-electron chi connectivity index (χ1n) is 6.49. The maximum absolute atomic E-state index is 5.60. The first kappa shape index (κ1) is 11.9. The average molecular weight is 220 g/mol. The van der Waals surface area contributed by atoms with Gasteiger partial charge in [0.25, 0.3) is 0 Å². The minimum absolute atomic E-state index is 0.139. The van der Waals surface area contributed by atoms with Crippen molar-refractivity contribution in [2.45, 2.75) is 65.1 Å². The molecular weight excluding hydrogens is 196 g/mol. The molecule has 90 valence electrons. The fourth-order valence-corrected chi connectivity index (χ4v) is 2.50. The van der Waals surface area contributed by atoms with Gasteiger partial charge in [0.1, 0.15) is 0 Å². The van der Waals surface area contributed by atoms with Gasteiger partial charge in [-0.25, -0.2) is 0 Å². The predicted molar refractivity (Wildman–Crippen MR) is 68.4 cm³/mol. The van der Waals surface area contributed by atoms with E-state index < -0.39 is 0 Å². The SMILES string of the molecule is CC1=CCC(/C(C)=C/CC2OC2(C)C)CC1. The van der Waals surface area contributed by atoms with Gasteiger partial charge in [-0.1, -0.05) is 23.3 Å². The minimum Gasteiger partial charge on any atom is -0.366 e.